The van der Waals surface area contributed by atoms with E-state index >= 15 is 0 Å². The second-order valence-electron chi connectivity index (χ2n) is 9.24. The van der Waals surface area contributed by atoms with Crippen molar-refractivity contribution in [2.75, 3.05) is 6.16 Å². The molecule has 31 heavy (non-hydrogen) atoms. The summed E-state index contributed by atoms with van der Waals surface area (Å²) in [5, 5.41) is 3.33. The summed E-state index contributed by atoms with van der Waals surface area (Å²) >= 11 is 0. The summed E-state index contributed by atoms with van der Waals surface area (Å²) in [4.78, 5) is 0. The smallest absolute Gasteiger partial charge is 0.0160 e. The number of rotatable bonds is 14. The van der Waals surface area contributed by atoms with Gasteiger partial charge in [-0.25, -0.2) is 0 Å². The highest BCUT2D eigenvalue weighted by molar-refractivity contribution is 7.73. The van der Waals surface area contributed by atoms with E-state index in [4.69, 9.17) is 0 Å². The average molecular weight is 439 g/mol. The summed E-state index contributed by atoms with van der Waals surface area (Å²) in [6.45, 7) is 14.0. The number of benzene rings is 2. The minimum atomic E-state index is -0.288. The van der Waals surface area contributed by atoms with Crippen molar-refractivity contribution < 1.29 is 0 Å². The van der Waals surface area contributed by atoms with Gasteiger partial charge in [0.05, 0.1) is 0 Å². The van der Waals surface area contributed by atoms with E-state index in [2.05, 4.69) is 71.9 Å². The van der Waals surface area contributed by atoms with Crippen molar-refractivity contribution in [1.29, 1.82) is 0 Å². The molecule has 0 aliphatic rings. The zero-order valence-electron chi connectivity index (χ0n) is 21.3. The first-order valence-electron chi connectivity index (χ1n) is 13.1. The van der Waals surface area contributed by atoms with Gasteiger partial charge >= 0.3 is 0 Å². The standard InChI is InChI=1S/C30H47P/c1-7-11-17-26-21-22-30(28(19-13-9-3)27(26)18-12-8-2)31(23-14-10-4)29-20-15-16-24(5)25(29)6/h15-16,20-22H,7-14,17-19,23H2,1-6H3. The van der Waals surface area contributed by atoms with Crippen LogP contribution < -0.4 is 10.6 Å². The van der Waals surface area contributed by atoms with Gasteiger partial charge in [0.25, 0.3) is 0 Å². The molecule has 1 heteroatoms. The normalized spacial score (nSPS) is 12.3. The van der Waals surface area contributed by atoms with Crippen molar-refractivity contribution in [2.24, 2.45) is 0 Å². The van der Waals surface area contributed by atoms with Gasteiger partial charge in [-0.05, 0) is 111 Å². The second-order valence-corrected chi connectivity index (χ2v) is 11.5. The first-order valence-corrected chi connectivity index (χ1v) is 14.6. The van der Waals surface area contributed by atoms with Crippen molar-refractivity contribution in [3.8, 4) is 0 Å². The second kappa shape index (κ2) is 14.1. The van der Waals surface area contributed by atoms with Crippen molar-refractivity contribution >= 4 is 18.5 Å². The molecule has 0 bridgehead atoms. The van der Waals surface area contributed by atoms with Crippen LogP contribution in [-0.2, 0) is 19.3 Å². The minimum Gasteiger partial charge on any atom is -0.0654 e. The van der Waals surface area contributed by atoms with E-state index in [0.29, 0.717) is 0 Å². The molecule has 0 N–H and O–H groups in total. The lowest BCUT2D eigenvalue weighted by atomic mass is 9.91. The molecule has 2 rings (SSSR count). The Morgan fingerprint density at radius 3 is 1.87 bits per heavy atom. The Bertz CT molecular complexity index is 789. The predicted octanol–water partition coefficient (Wildman–Crippen LogP) is 8.56. The lowest BCUT2D eigenvalue weighted by molar-refractivity contribution is 0.737. The highest BCUT2D eigenvalue weighted by Crippen LogP contribution is 2.39. The van der Waals surface area contributed by atoms with E-state index in [-0.39, 0.29) is 7.92 Å². The van der Waals surface area contributed by atoms with Gasteiger partial charge in [0, 0.05) is 0 Å². The minimum absolute atomic E-state index is 0.288. The number of hydrogen-bond acceptors (Lipinski definition) is 0. The molecule has 172 valence electrons. The first-order chi connectivity index (χ1) is 15.1. The van der Waals surface area contributed by atoms with Crippen LogP contribution in [0.2, 0.25) is 0 Å². The Labute approximate surface area is 195 Å². The molecule has 1 unspecified atom stereocenters. The van der Waals surface area contributed by atoms with Crippen LogP contribution in [0.5, 0.6) is 0 Å². The molecule has 0 radical (unpaired) electrons. The number of aryl methyl sites for hydroxylation is 2. The molecule has 2 aromatic rings. The maximum absolute atomic E-state index is 2.56. The molecule has 0 saturated heterocycles. The lowest BCUT2D eigenvalue weighted by Crippen LogP contribution is -2.23. The lowest BCUT2D eigenvalue weighted by Gasteiger charge is -2.27. The molecule has 0 saturated carbocycles. The van der Waals surface area contributed by atoms with Crippen molar-refractivity contribution in [2.45, 2.75) is 112 Å². The van der Waals surface area contributed by atoms with Crippen LogP contribution in [0.25, 0.3) is 0 Å². The van der Waals surface area contributed by atoms with Crippen molar-refractivity contribution in [1.82, 2.24) is 0 Å². The number of unbranched alkanes of at least 4 members (excludes halogenated alkanes) is 4. The Morgan fingerprint density at radius 1 is 0.613 bits per heavy atom. The van der Waals surface area contributed by atoms with E-state index < -0.39 is 0 Å². The van der Waals surface area contributed by atoms with Gasteiger partial charge in [0.1, 0.15) is 0 Å². The van der Waals surface area contributed by atoms with Crippen LogP contribution in [0.1, 0.15) is 107 Å². The van der Waals surface area contributed by atoms with Gasteiger partial charge in [-0.2, -0.15) is 0 Å². The summed E-state index contributed by atoms with van der Waals surface area (Å²) in [7, 11) is -0.288. The zero-order valence-corrected chi connectivity index (χ0v) is 22.2. The maximum atomic E-state index is 2.56. The van der Waals surface area contributed by atoms with E-state index in [1.807, 2.05) is 0 Å². The fraction of sp³-hybridized carbons (Fsp3) is 0.600. The third-order valence-corrected chi connectivity index (χ3v) is 9.59. The maximum Gasteiger partial charge on any atom is -0.0160 e. The fourth-order valence-corrected chi connectivity index (χ4v) is 7.64. The van der Waals surface area contributed by atoms with Gasteiger partial charge in [0.2, 0.25) is 0 Å². The topological polar surface area (TPSA) is 0 Å². The summed E-state index contributed by atoms with van der Waals surface area (Å²) < 4.78 is 0. The third-order valence-electron chi connectivity index (χ3n) is 6.76. The summed E-state index contributed by atoms with van der Waals surface area (Å²) in [6.07, 6.45) is 15.5. The van der Waals surface area contributed by atoms with Crippen LogP contribution in [0.4, 0.5) is 0 Å². The van der Waals surface area contributed by atoms with Gasteiger partial charge in [-0.3, -0.25) is 0 Å². The van der Waals surface area contributed by atoms with Crippen LogP contribution in [0.3, 0.4) is 0 Å². The van der Waals surface area contributed by atoms with E-state index in [0.717, 1.165) is 0 Å². The Hall–Kier alpha value is -1.13. The first kappa shape index (κ1) is 26.1. The molecular weight excluding hydrogens is 391 g/mol. The van der Waals surface area contributed by atoms with Gasteiger partial charge < -0.3 is 0 Å². The summed E-state index contributed by atoms with van der Waals surface area (Å²) in [5.74, 6) is 0. The molecule has 2 aromatic carbocycles. The molecule has 0 nitrogen and oxygen atoms in total. The largest absolute Gasteiger partial charge is 0.0654 e. The monoisotopic (exact) mass is 438 g/mol. The molecule has 0 spiro atoms. The van der Waals surface area contributed by atoms with E-state index in [1.165, 1.54) is 87.9 Å². The van der Waals surface area contributed by atoms with Crippen LogP contribution in [0, 0.1) is 13.8 Å². The Kier molecular flexibility index (Phi) is 11.9. The highest BCUT2D eigenvalue weighted by Gasteiger charge is 2.22. The zero-order chi connectivity index (χ0) is 22.6. The SMILES string of the molecule is CCCCc1ccc(P(CCCC)c2cccc(C)c2C)c(CCCC)c1CCCC. The summed E-state index contributed by atoms with van der Waals surface area (Å²) in [5.41, 5.74) is 8.10. The van der Waals surface area contributed by atoms with Gasteiger partial charge in [-0.1, -0.05) is 83.7 Å². The van der Waals surface area contributed by atoms with Gasteiger partial charge in [-0.15, -0.1) is 0 Å². The van der Waals surface area contributed by atoms with E-state index in [9.17, 15) is 0 Å². The highest BCUT2D eigenvalue weighted by atomic mass is 31.1. The fourth-order valence-electron chi connectivity index (χ4n) is 4.60. The molecule has 1 atom stereocenters. The summed E-state index contributed by atoms with van der Waals surface area (Å²) in [6, 6.07) is 12.1. The van der Waals surface area contributed by atoms with Crippen LogP contribution in [-0.4, -0.2) is 6.16 Å². The Balaban J connectivity index is 2.65. The molecule has 0 heterocycles. The predicted molar refractivity (Wildman–Crippen MR) is 144 cm³/mol. The van der Waals surface area contributed by atoms with Crippen LogP contribution in [0.15, 0.2) is 30.3 Å². The molecule has 0 aliphatic carbocycles. The average Bonchev–Trinajstić information content (AvgIpc) is 2.78. The third kappa shape index (κ3) is 7.18. The van der Waals surface area contributed by atoms with Crippen molar-refractivity contribution in [3.05, 3.63) is 58.1 Å². The van der Waals surface area contributed by atoms with Crippen molar-refractivity contribution in [3.63, 3.8) is 0 Å². The quantitative estimate of drug-likeness (QED) is 0.259. The molecular formula is C30H47P. The molecule has 0 amide bonds. The number of hydrogen-bond donors (Lipinski definition) is 0. The molecule has 0 aliphatic heterocycles. The van der Waals surface area contributed by atoms with E-state index in [1.54, 1.807) is 27.3 Å². The molecule has 0 aromatic heterocycles. The van der Waals surface area contributed by atoms with Crippen LogP contribution >= 0.6 is 7.92 Å². The Morgan fingerprint density at radius 2 is 1.23 bits per heavy atom. The van der Waals surface area contributed by atoms with Gasteiger partial charge in [0.15, 0.2) is 0 Å². The molecule has 0 fully saturated rings.